The first-order chi connectivity index (χ1) is 7.47. The minimum Gasteiger partial charge on any atom is -0.354 e. The summed E-state index contributed by atoms with van der Waals surface area (Å²) in [5.74, 6) is 1.11. The van der Waals surface area contributed by atoms with Crippen molar-refractivity contribution in [2.45, 2.75) is 20.3 Å². The smallest absolute Gasteiger partial charge is 0.128 e. The third-order valence-electron chi connectivity index (χ3n) is 2.29. The van der Waals surface area contributed by atoms with Crippen LogP contribution in [0, 0.1) is 0 Å². The van der Waals surface area contributed by atoms with Gasteiger partial charge in [-0.3, -0.25) is 0 Å². The third kappa shape index (κ3) is 3.88. The van der Waals surface area contributed by atoms with Gasteiger partial charge in [-0.15, -0.1) is 0 Å². The quantitative estimate of drug-likeness (QED) is 0.710. The fraction of sp³-hybridized carbons (Fsp3) is 0.583. The van der Waals surface area contributed by atoms with Crippen LogP contribution in [0.4, 0.5) is 0 Å². The van der Waals surface area contributed by atoms with Gasteiger partial charge in [0.15, 0.2) is 0 Å². The second-order valence-electron chi connectivity index (χ2n) is 3.24. The molecule has 0 aromatic heterocycles. The van der Waals surface area contributed by atoms with E-state index in [0.29, 0.717) is 0 Å². The van der Waals surface area contributed by atoms with Gasteiger partial charge in [-0.05, 0) is 6.08 Å². The Morgan fingerprint density at radius 1 is 1.27 bits per heavy atom. The van der Waals surface area contributed by atoms with Crippen LogP contribution in [0.25, 0.3) is 0 Å². The maximum absolute atomic E-state index is 4.42. The molecule has 3 nitrogen and oxygen atoms in total. The molecule has 2 aliphatic heterocycles. The van der Waals surface area contributed by atoms with E-state index in [-0.39, 0.29) is 0 Å². The van der Waals surface area contributed by atoms with E-state index in [2.05, 4.69) is 33.4 Å². The van der Waals surface area contributed by atoms with Crippen LogP contribution in [0.15, 0.2) is 29.0 Å². The lowest BCUT2D eigenvalue weighted by molar-refractivity contribution is 0.297. The van der Waals surface area contributed by atoms with E-state index in [1.165, 1.54) is 0 Å². The van der Waals surface area contributed by atoms with Gasteiger partial charge in [0.05, 0.1) is 0 Å². The van der Waals surface area contributed by atoms with Gasteiger partial charge >= 0.3 is 0 Å². The van der Waals surface area contributed by atoms with E-state index in [0.717, 1.165) is 38.4 Å². The topological polar surface area (TPSA) is 27.6 Å². The highest BCUT2D eigenvalue weighted by molar-refractivity contribution is 5.62. The molecule has 0 aliphatic carbocycles. The van der Waals surface area contributed by atoms with Crippen molar-refractivity contribution in [1.29, 1.82) is 0 Å². The SMILES string of the molecule is C1=CCC=NC(N2CCNCC2)=C1.CC. The predicted octanol–water partition coefficient (Wildman–Crippen LogP) is 1.79. The minimum absolute atomic E-state index is 0.950. The van der Waals surface area contributed by atoms with Gasteiger partial charge in [-0.1, -0.05) is 26.0 Å². The maximum Gasteiger partial charge on any atom is 0.128 e. The summed E-state index contributed by atoms with van der Waals surface area (Å²) in [4.78, 5) is 6.74. The van der Waals surface area contributed by atoms with Gasteiger partial charge in [0.1, 0.15) is 5.82 Å². The molecule has 0 unspecified atom stereocenters. The van der Waals surface area contributed by atoms with Crippen LogP contribution in [0.3, 0.4) is 0 Å². The molecule has 0 amide bonds. The number of allylic oxidation sites excluding steroid dienone is 3. The lowest BCUT2D eigenvalue weighted by Crippen LogP contribution is -2.42. The number of nitrogens with zero attached hydrogens (tertiary/aromatic N) is 2. The molecule has 2 heterocycles. The Balaban J connectivity index is 0.000000531. The third-order valence-corrected chi connectivity index (χ3v) is 2.29. The zero-order valence-corrected chi connectivity index (χ0v) is 9.74. The highest BCUT2D eigenvalue weighted by Gasteiger charge is 2.11. The van der Waals surface area contributed by atoms with Gasteiger partial charge in [0.25, 0.3) is 0 Å². The highest BCUT2D eigenvalue weighted by atomic mass is 15.2. The van der Waals surface area contributed by atoms with Crippen molar-refractivity contribution in [3.05, 3.63) is 24.0 Å². The van der Waals surface area contributed by atoms with Crippen molar-refractivity contribution in [2.24, 2.45) is 4.99 Å². The van der Waals surface area contributed by atoms with E-state index < -0.39 is 0 Å². The van der Waals surface area contributed by atoms with Gasteiger partial charge in [-0.25, -0.2) is 4.99 Å². The number of rotatable bonds is 1. The Morgan fingerprint density at radius 2 is 2.00 bits per heavy atom. The first-order valence-corrected chi connectivity index (χ1v) is 5.82. The number of hydrogen-bond donors (Lipinski definition) is 1. The van der Waals surface area contributed by atoms with Crippen molar-refractivity contribution >= 4 is 6.21 Å². The van der Waals surface area contributed by atoms with Crippen molar-refractivity contribution < 1.29 is 0 Å². The molecule has 1 saturated heterocycles. The summed E-state index contributed by atoms with van der Waals surface area (Å²) >= 11 is 0. The Kier molecular flexibility index (Phi) is 5.78. The molecule has 3 heteroatoms. The summed E-state index contributed by atoms with van der Waals surface area (Å²) in [6.07, 6.45) is 9.22. The maximum atomic E-state index is 4.42. The van der Waals surface area contributed by atoms with Crippen LogP contribution in [-0.2, 0) is 0 Å². The molecule has 0 spiro atoms. The zero-order valence-electron chi connectivity index (χ0n) is 9.74. The van der Waals surface area contributed by atoms with Gasteiger partial charge < -0.3 is 10.2 Å². The molecule has 15 heavy (non-hydrogen) atoms. The Bertz CT molecular complexity index is 248. The van der Waals surface area contributed by atoms with Gasteiger partial charge in [0, 0.05) is 38.8 Å². The van der Waals surface area contributed by atoms with E-state index >= 15 is 0 Å². The molecule has 0 aromatic rings. The Morgan fingerprint density at radius 3 is 2.73 bits per heavy atom. The first-order valence-electron chi connectivity index (χ1n) is 5.82. The molecule has 2 rings (SSSR count). The van der Waals surface area contributed by atoms with Gasteiger partial charge in [-0.2, -0.15) is 0 Å². The highest BCUT2D eigenvalue weighted by Crippen LogP contribution is 2.09. The Labute approximate surface area is 92.6 Å². The number of nitrogens with one attached hydrogen (secondary N) is 1. The monoisotopic (exact) mass is 207 g/mol. The van der Waals surface area contributed by atoms with Crippen LogP contribution in [0.5, 0.6) is 0 Å². The summed E-state index contributed by atoms with van der Waals surface area (Å²) in [7, 11) is 0. The molecular formula is C12H21N3. The average molecular weight is 207 g/mol. The van der Waals surface area contributed by atoms with Gasteiger partial charge in [0.2, 0.25) is 0 Å². The van der Waals surface area contributed by atoms with Crippen LogP contribution < -0.4 is 5.32 Å². The zero-order chi connectivity index (χ0) is 10.9. The molecule has 0 bridgehead atoms. The standard InChI is InChI=1S/C10H15N3.C2H6/c1-2-4-10(12-5-3-1)13-8-6-11-7-9-13;1-2/h1-2,4-5,11H,3,6-9H2;1-2H3. The van der Waals surface area contributed by atoms with Crippen LogP contribution in [-0.4, -0.2) is 37.3 Å². The Hall–Kier alpha value is -1.09. The van der Waals surface area contributed by atoms with Crippen LogP contribution in [0.2, 0.25) is 0 Å². The largest absolute Gasteiger partial charge is 0.354 e. The molecule has 2 aliphatic rings. The summed E-state index contributed by atoms with van der Waals surface area (Å²) < 4.78 is 0. The fourth-order valence-corrected chi connectivity index (χ4v) is 1.56. The van der Waals surface area contributed by atoms with E-state index in [9.17, 15) is 0 Å². The van der Waals surface area contributed by atoms with Crippen LogP contribution >= 0.6 is 0 Å². The summed E-state index contributed by atoms with van der Waals surface area (Å²) in [5.41, 5.74) is 0. The lowest BCUT2D eigenvalue weighted by Gasteiger charge is -2.29. The molecule has 0 radical (unpaired) electrons. The molecule has 0 atom stereocenters. The molecule has 0 aromatic carbocycles. The number of hydrogen-bond acceptors (Lipinski definition) is 3. The molecular weight excluding hydrogens is 186 g/mol. The first kappa shape index (κ1) is 12.0. The second-order valence-corrected chi connectivity index (χ2v) is 3.24. The number of piperazine rings is 1. The summed E-state index contributed by atoms with van der Waals surface area (Å²) in [6, 6.07) is 0. The number of aliphatic imine (C=N–C) groups is 1. The lowest BCUT2D eigenvalue weighted by atomic mass is 10.3. The van der Waals surface area contributed by atoms with Crippen LogP contribution in [0.1, 0.15) is 20.3 Å². The van der Waals surface area contributed by atoms with Crippen molar-refractivity contribution in [2.75, 3.05) is 26.2 Å². The van der Waals surface area contributed by atoms with E-state index in [4.69, 9.17) is 0 Å². The normalized spacial score (nSPS) is 20.1. The van der Waals surface area contributed by atoms with Crippen molar-refractivity contribution in [1.82, 2.24) is 10.2 Å². The fourth-order valence-electron chi connectivity index (χ4n) is 1.56. The van der Waals surface area contributed by atoms with E-state index in [1.54, 1.807) is 0 Å². The summed E-state index contributed by atoms with van der Waals surface area (Å²) in [6.45, 7) is 8.27. The molecule has 0 saturated carbocycles. The van der Waals surface area contributed by atoms with Crippen molar-refractivity contribution in [3.63, 3.8) is 0 Å². The molecule has 84 valence electrons. The second kappa shape index (κ2) is 7.23. The van der Waals surface area contributed by atoms with E-state index in [1.807, 2.05) is 20.1 Å². The average Bonchev–Trinajstić information content (AvgIpc) is 2.61. The van der Waals surface area contributed by atoms with Crippen molar-refractivity contribution in [3.8, 4) is 0 Å². The summed E-state index contributed by atoms with van der Waals surface area (Å²) in [5, 5.41) is 3.33. The predicted molar refractivity (Wildman–Crippen MR) is 66.1 cm³/mol. The minimum atomic E-state index is 0.950. The molecule has 1 fully saturated rings. The molecule has 1 N–H and O–H groups in total.